The van der Waals surface area contributed by atoms with E-state index >= 15 is 0 Å². The largest absolute Gasteiger partial charge is 0.351 e. The normalized spacial score (nSPS) is 11.9. The minimum Gasteiger partial charge on any atom is -0.351 e. The van der Waals surface area contributed by atoms with Crippen molar-refractivity contribution in [2.75, 3.05) is 5.75 Å². The summed E-state index contributed by atoms with van der Waals surface area (Å²) in [5.41, 5.74) is 3.43. The maximum Gasteiger partial charge on any atom is 0.230 e. The van der Waals surface area contributed by atoms with Crippen molar-refractivity contribution in [3.8, 4) is 0 Å². The standard InChI is InChI=1S/C22H28N4O3S2/c1-4-26-20-12-8-7-11-19(20)24-22(26)30-14-21(27)23-13-17-9-5-6-10-18(17)15-31(28,29)25-16(2)3/h5-12,16,25H,4,13-15H2,1-3H3,(H,23,27). The summed E-state index contributed by atoms with van der Waals surface area (Å²) in [7, 11) is -3.44. The van der Waals surface area contributed by atoms with E-state index < -0.39 is 10.0 Å². The zero-order chi connectivity index (χ0) is 22.4. The first-order valence-electron chi connectivity index (χ1n) is 10.2. The zero-order valence-electron chi connectivity index (χ0n) is 18.0. The van der Waals surface area contributed by atoms with Gasteiger partial charge in [-0.1, -0.05) is 48.2 Å². The van der Waals surface area contributed by atoms with E-state index in [0.717, 1.165) is 28.3 Å². The van der Waals surface area contributed by atoms with Gasteiger partial charge in [0.05, 0.1) is 22.5 Å². The van der Waals surface area contributed by atoms with Gasteiger partial charge in [0.1, 0.15) is 0 Å². The SMILES string of the molecule is CCn1c(SCC(=O)NCc2ccccc2CS(=O)(=O)NC(C)C)nc2ccccc21. The van der Waals surface area contributed by atoms with Gasteiger partial charge in [-0.15, -0.1) is 0 Å². The molecule has 3 aromatic rings. The molecular weight excluding hydrogens is 432 g/mol. The maximum atomic E-state index is 12.4. The van der Waals surface area contributed by atoms with Crippen molar-refractivity contribution in [2.45, 2.75) is 50.8 Å². The fraction of sp³-hybridized carbons (Fsp3) is 0.364. The number of fused-ring (bicyclic) bond motifs is 1. The van der Waals surface area contributed by atoms with E-state index in [-0.39, 0.29) is 30.0 Å². The molecule has 0 saturated heterocycles. The summed E-state index contributed by atoms with van der Waals surface area (Å²) in [4.78, 5) is 17.1. The monoisotopic (exact) mass is 460 g/mol. The molecule has 0 saturated carbocycles. The van der Waals surface area contributed by atoms with E-state index in [1.165, 1.54) is 11.8 Å². The number of thioether (sulfide) groups is 1. The van der Waals surface area contributed by atoms with Crippen LogP contribution >= 0.6 is 11.8 Å². The average Bonchev–Trinajstić information content (AvgIpc) is 3.07. The summed E-state index contributed by atoms with van der Waals surface area (Å²) in [6, 6.07) is 15.0. The average molecular weight is 461 g/mol. The van der Waals surface area contributed by atoms with Gasteiger partial charge in [0, 0.05) is 19.1 Å². The molecule has 7 nitrogen and oxygen atoms in total. The number of amides is 1. The van der Waals surface area contributed by atoms with Gasteiger partial charge in [0.2, 0.25) is 15.9 Å². The first-order valence-corrected chi connectivity index (χ1v) is 12.8. The molecule has 0 fully saturated rings. The van der Waals surface area contributed by atoms with Gasteiger partial charge in [-0.2, -0.15) is 0 Å². The molecule has 0 bridgehead atoms. The summed E-state index contributed by atoms with van der Waals surface area (Å²) in [6.45, 7) is 6.67. The second-order valence-corrected chi connectivity index (χ2v) is 10.2. The zero-order valence-corrected chi connectivity index (χ0v) is 19.6. The molecule has 1 heterocycles. The molecule has 9 heteroatoms. The molecule has 1 aromatic heterocycles. The number of para-hydroxylation sites is 2. The molecule has 3 rings (SSSR count). The second kappa shape index (κ2) is 10.3. The number of benzene rings is 2. The minimum atomic E-state index is -3.44. The molecule has 0 aliphatic rings. The number of aryl methyl sites for hydroxylation is 1. The number of carbonyl (C=O) groups is 1. The Hall–Kier alpha value is -2.36. The molecule has 2 aromatic carbocycles. The third-order valence-electron chi connectivity index (χ3n) is 4.62. The Bertz CT molecular complexity index is 1160. The van der Waals surface area contributed by atoms with Crippen LogP contribution in [-0.2, 0) is 33.7 Å². The van der Waals surface area contributed by atoms with Gasteiger partial charge >= 0.3 is 0 Å². The number of imidazole rings is 1. The number of rotatable bonds is 10. The third-order valence-corrected chi connectivity index (χ3v) is 7.12. The molecule has 31 heavy (non-hydrogen) atoms. The topological polar surface area (TPSA) is 93.1 Å². The Morgan fingerprint density at radius 1 is 1.10 bits per heavy atom. The van der Waals surface area contributed by atoms with Crippen LogP contribution in [0.4, 0.5) is 0 Å². The molecule has 0 spiro atoms. The van der Waals surface area contributed by atoms with E-state index in [0.29, 0.717) is 5.56 Å². The van der Waals surface area contributed by atoms with E-state index in [1.807, 2.05) is 36.4 Å². The van der Waals surface area contributed by atoms with Gasteiger partial charge in [0.25, 0.3) is 0 Å². The van der Waals surface area contributed by atoms with Crippen LogP contribution in [0.25, 0.3) is 11.0 Å². The smallest absolute Gasteiger partial charge is 0.230 e. The molecule has 0 atom stereocenters. The lowest BCUT2D eigenvalue weighted by Gasteiger charge is -2.13. The number of carbonyl (C=O) groups excluding carboxylic acids is 1. The first-order chi connectivity index (χ1) is 14.8. The lowest BCUT2D eigenvalue weighted by atomic mass is 10.1. The number of nitrogens with zero attached hydrogens (tertiary/aromatic N) is 2. The fourth-order valence-corrected chi connectivity index (χ4v) is 5.72. The van der Waals surface area contributed by atoms with Crippen molar-refractivity contribution in [2.24, 2.45) is 0 Å². The quantitative estimate of drug-likeness (QED) is 0.453. The van der Waals surface area contributed by atoms with Crippen molar-refractivity contribution in [3.63, 3.8) is 0 Å². The van der Waals surface area contributed by atoms with Gasteiger partial charge in [-0.3, -0.25) is 4.79 Å². The molecule has 0 unspecified atom stereocenters. The van der Waals surface area contributed by atoms with Crippen LogP contribution in [0.5, 0.6) is 0 Å². The van der Waals surface area contributed by atoms with Gasteiger partial charge in [-0.25, -0.2) is 18.1 Å². The predicted octanol–water partition coefficient (Wildman–Crippen LogP) is 3.29. The highest BCUT2D eigenvalue weighted by Gasteiger charge is 2.16. The van der Waals surface area contributed by atoms with Crippen LogP contribution in [0.3, 0.4) is 0 Å². The Kier molecular flexibility index (Phi) is 7.74. The van der Waals surface area contributed by atoms with Crippen LogP contribution in [-0.4, -0.2) is 35.7 Å². The number of sulfonamides is 1. The third kappa shape index (κ3) is 6.32. The summed E-state index contributed by atoms with van der Waals surface area (Å²) in [6.07, 6.45) is 0. The maximum absolute atomic E-state index is 12.4. The number of hydrogen-bond acceptors (Lipinski definition) is 5. The molecule has 0 radical (unpaired) electrons. The summed E-state index contributed by atoms with van der Waals surface area (Å²) in [5, 5.41) is 3.71. The van der Waals surface area contributed by atoms with Crippen LogP contribution in [0, 0.1) is 0 Å². The Morgan fingerprint density at radius 2 is 1.77 bits per heavy atom. The summed E-state index contributed by atoms with van der Waals surface area (Å²) >= 11 is 1.40. The number of nitrogens with one attached hydrogen (secondary N) is 2. The Labute approximate surface area is 187 Å². The van der Waals surface area contributed by atoms with Gasteiger partial charge in [-0.05, 0) is 44.0 Å². The molecule has 166 valence electrons. The van der Waals surface area contributed by atoms with Crippen molar-refractivity contribution in [1.29, 1.82) is 0 Å². The summed E-state index contributed by atoms with van der Waals surface area (Å²) < 4.78 is 29.3. The summed E-state index contributed by atoms with van der Waals surface area (Å²) in [5.74, 6) is -0.0109. The van der Waals surface area contributed by atoms with Crippen LogP contribution in [0.1, 0.15) is 31.9 Å². The molecule has 2 N–H and O–H groups in total. The minimum absolute atomic E-state index is 0.119. The molecular formula is C22H28N4O3S2. The number of aromatic nitrogens is 2. The lowest BCUT2D eigenvalue weighted by molar-refractivity contribution is -0.118. The van der Waals surface area contributed by atoms with Crippen molar-refractivity contribution < 1.29 is 13.2 Å². The van der Waals surface area contributed by atoms with Crippen molar-refractivity contribution >= 4 is 38.7 Å². The van der Waals surface area contributed by atoms with Crippen LogP contribution in [0.15, 0.2) is 53.7 Å². The van der Waals surface area contributed by atoms with E-state index in [9.17, 15) is 13.2 Å². The Balaban J connectivity index is 1.61. The second-order valence-electron chi connectivity index (χ2n) is 7.49. The highest BCUT2D eigenvalue weighted by Crippen LogP contribution is 2.23. The fourth-order valence-electron chi connectivity index (χ4n) is 3.32. The van der Waals surface area contributed by atoms with Crippen molar-refractivity contribution in [1.82, 2.24) is 19.6 Å². The Morgan fingerprint density at radius 3 is 2.48 bits per heavy atom. The number of hydrogen-bond donors (Lipinski definition) is 2. The predicted molar refractivity (Wildman–Crippen MR) is 125 cm³/mol. The highest BCUT2D eigenvalue weighted by molar-refractivity contribution is 7.99. The van der Waals surface area contributed by atoms with Crippen LogP contribution in [0.2, 0.25) is 0 Å². The first kappa shape index (κ1) is 23.3. The highest BCUT2D eigenvalue weighted by atomic mass is 32.2. The van der Waals surface area contributed by atoms with E-state index in [4.69, 9.17) is 0 Å². The van der Waals surface area contributed by atoms with E-state index in [1.54, 1.807) is 26.0 Å². The van der Waals surface area contributed by atoms with E-state index in [2.05, 4.69) is 26.5 Å². The van der Waals surface area contributed by atoms with Crippen molar-refractivity contribution in [3.05, 3.63) is 59.7 Å². The molecule has 0 aliphatic carbocycles. The van der Waals surface area contributed by atoms with Gasteiger partial charge < -0.3 is 9.88 Å². The van der Waals surface area contributed by atoms with Crippen LogP contribution < -0.4 is 10.0 Å². The lowest BCUT2D eigenvalue weighted by Crippen LogP contribution is -2.32. The molecule has 0 aliphatic heterocycles. The van der Waals surface area contributed by atoms with Gasteiger partial charge in [0.15, 0.2) is 5.16 Å². The molecule has 1 amide bonds.